The molecule has 0 bridgehead atoms. The molecule has 44 heavy (non-hydrogen) atoms. The molecule has 2 aromatic carbocycles. The lowest BCUT2D eigenvalue weighted by molar-refractivity contribution is -0.147. The van der Waals surface area contributed by atoms with E-state index in [0.29, 0.717) is 17.2 Å². The van der Waals surface area contributed by atoms with Crippen LogP contribution in [0.25, 0.3) is 11.3 Å². The molecule has 0 unspecified atom stereocenters. The van der Waals surface area contributed by atoms with Crippen molar-refractivity contribution in [3.05, 3.63) is 95.9 Å². The second-order valence-electron chi connectivity index (χ2n) is 10.4. The van der Waals surface area contributed by atoms with E-state index in [2.05, 4.69) is 42.4 Å². The third-order valence-electron chi connectivity index (χ3n) is 6.88. The monoisotopic (exact) mass is 597 g/mol. The van der Waals surface area contributed by atoms with Gasteiger partial charge in [0.05, 0.1) is 5.69 Å². The number of nitrogens with one attached hydrogen (secondary N) is 2. The largest absolute Gasteiger partial charge is 0.481 e. The minimum Gasteiger partial charge on any atom is -0.481 e. The molecule has 12 heteroatoms. The summed E-state index contributed by atoms with van der Waals surface area (Å²) in [5, 5.41) is 21.7. The minimum absolute atomic E-state index is 0.143. The summed E-state index contributed by atoms with van der Waals surface area (Å²) in [5.74, 6) is -2.29. The summed E-state index contributed by atoms with van der Waals surface area (Å²) in [6.45, 7) is 7.24. The molecule has 1 amide bonds. The van der Waals surface area contributed by atoms with E-state index in [0.717, 1.165) is 55.2 Å². The number of amides is 1. The van der Waals surface area contributed by atoms with Crippen molar-refractivity contribution >= 4 is 35.2 Å². The van der Waals surface area contributed by atoms with Gasteiger partial charge in [-0.3, -0.25) is 24.3 Å². The van der Waals surface area contributed by atoms with Gasteiger partial charge in [-0.05, 0) is 67.6 Å². The molecule has 0 spiro atoms. The van der Waals surface area contributed by atoms with Gasteiger partial charge in [0.1, 0.15) is 6.42 Å². The van der Waals surface area contributed by atoms with E-state index in [4.69, 9.17) is 10.2 Å². The average Bonchev–Trinajstić information content (AvgIpc) is 3.00. The molecule has 5 rings (SSSR count). The third kappa shape index (κ3) is 9.68. The molecule has 4 aromatic rings. The predicted molar refractivity (Wildman–Crippen MR) is 167 cm³/mol. The van der Waals surface area contributed by atoms with Crippen LogP contribution >= 0.6 is 0 Å². The van der Waals surface area contributed by atoms with E-state index >= 15 is 0 Å². The van der Waals surface area contributed by atoms with Crippen molar-refractivity contribution < 1.29 is 24.6 Å². The molecular formula is C32H35N7O5. The van der Waals surface area contributed by atoms with Gasteiger partial charge in [-0.25, -0.2) is 9.97 Å². The van der Waals surface area contributed by atoms with Gasteiger partial charge in [0.25, 0.3) is 5.91 Å². The van der Waals surface area contributed by atoms with Crippen LogP contribution in [-0.2, 0) is 16.1 Å². The Morgan fingerprint density at radius 2 is 1.64 bits per heavy atom. The van der Waals surface area contributed by atoms with Crippen molar-refractivity contribution in [1.29, 1.82) is 0 Å². The molecule has 1 aliphatic rings. The lowest BCUT2D eigenvalue weighted by Crippen LogP contribution is -2.43. The van der Waals surface area contributed by atoms with Gasteiger partial charge in [-0.15, -0.1) is 0 Å². The zero-order valence-corrected chi connectivity index (χ0v) is 24.6. The van der Waals surface area contributed by atoms with Crippen LogP contribution in [0.15, 0.2) is 79.3 Å². The molecule has 1 saturated heterocycles. The van der Waals surface area contributed by atoms with Crippen LogP contribution in [0, 0.1) is 6.92 Å². The summed E-state index contributed by atoms with van der Waals surface area (Å²) in [6, 6.07) is 19.3. The number of anilines is 3. The van der Waals surface area contributed by atoms with Crippen LogP contribution < -0.4 is 10.6 Å². The summed E-state index contributed by atoms with van der Waals surface area (Å²) in [4.78, 5) is 49.7. The topological polar surface area (TPSA) is 161 Å². The lowest BCUT2D eigenvalue weighted by atomic mass is 10.1. The average molecular weight is 598 g/mol. The van der Waals surface area contributed by atoms with Crippen molar-refractivity contribution in [2.24, 2.45) is 0 Å². The molecular weight excluding hydrogens is 562 g/mol. The second-order valence-corrected chi connectivity index (χ2v) is 10.4. The highest BCUT2D eigenvalue weighted by molar-refractivity contribution is 6.04. The fourth-order valence-electron chi connectivity index (χ4n) is 4.41. The summed E-state index contributed by atoms with van der Waals surface area (Å²) in [7, 11) is 2.16. The Kier molecular flexibility index (Phi) is 11.0. The SMILES string of the molecule is Cc1ccc(NC(=O)c2ccc(CN3CCN(C)CC3)cc2)cc1Nc1nccc(-c2cccnc2)n1.O=C(O)CC(=O)O. The number of aryl methyl sites for hydroxylation is 1. The van der Waals surface area contributed by atoms with E-state index in [-0.39, 0.29) is 5.91 Å². The quantitative estimate of drug-likeness (QED) is 0.205. The van der Waals surface area contributed by atoms with Crippen LogP contribution in [-0.4, -0.2) is 86.0 Å². The molecule has 4 N–H and O–H groups in total. The third-order valence-corrected chi connectivity index (χ3v) is 6.88. The number of benzene rings is 2. The molecule has 1 aliphatic heterocycles. The summed E-state index contributed by atoms with van der Waals surface area (Å²) >= 11 is 0. The number of carbonyl (C=O) groups is 3. The van der Waals surface area contributed by atoms with Crippen LogP contribution in [0.1, 0.15) is 27.9 Å². The van der Waals surface area contributed by atoms with Crippen molar-refractivity contribution in [1.82, 2.24) is 24.8 Å². The summed E-state index contributed by atoms with van der Waals surface area (Å²) in [6.07, 6.45) is 4.41. The van der Waals surface area contributed by atoms with E-state index in [1.54, 1.807) is 18.6 Å². The number of likely N-dealkylation sites (N-methyl/N-ethyl adjacent to an activating group) is 1. The van der Waals surface area contributed by atoms with Crippen molar-refractivity contribution in [2.75, 3.05) is 43.9 Å². The molecule has 12 nitrogen and oxygen atoms in total. The lowest BCUT2D eigenvalue weighted by Gasteiger charge is -2.32. The fraction of sp³-hybridized carbons (Fsp3) is 0.250. The maximum Gasteiger partial charge on any atom is 0.314 e. The van der Waals surface area contributed by atoms with Crippen LogP contribution in [0.4, 0.5) is 17.3 Å². The Morgan fingerprint density at radius 3 is 2.27 bits per heavy atom. The van der Waals surface area contributed by atoms with Gasteiger partial charge < -0.3 is 25.7 Å². The van der Waals surface area contributed by atoms with Crippen LogP contribution in [0.2, 0.25) is 0 Å². The van der Waals surface area contributed by atoms with Gasteiger partial charge in [-0.2, -0.15) is 0 Å². The summed E-state index contributed by atoms with van der Waals surface area (Å²) in [5.41, 5.74) is 6.08. The first-order valence-corrected chi connectivity index (χ1v) is 14.0. The van der Waals surface area contributed by atoms with Crippen molar-refractivity contribution in [2.45, 2.75) is 19.9 Å². The van der Waals surface area contributed by atoms with E-state index in [9.17, 15) is 14.4 Å². The minimum atomic E-state index is -1.31. The Balaban J connectivity index is 0.000000566. The van der Waals surface area contributed by atoms with E-state index in [1.165, 1.54) is 5.56 Å². The van der Waals surface area contributed by atoms with E-state index in [1.807, 2.05) is 67.6 Å². The number of pyridine rings is 1. The van der Waals surface area contributed by atoms with Crippen molar-refractivity contribution in [3.8, 4) is 11.3 Å². The standard InChI is InChI=1S/C29H31N7O.C3H4O4/c1-21-5-10-25(18-27(21)34-29-31-13-11-26(33-29)24-4-3-12-30-19-24)32-28(37)23-8-6-22(7-9-23)20-36-16-14-35(2)15-17-36;4-2(5)1-3(6)7/h3-13,18-19H,14-17,20H2,1-2H3,(H,32,37)(H,31,33,34);1H2,(H,4,5)(H,6,7). The second kappa shape index (κ2) is 15.3. The van der Waals surface area contributed by atoms with Gasteiger partial charge >= 0.3 is 11.9 Å². The first kappa shape index (κ1) is 31.7. The molecule has 0 aliphatic carbocycles. The van der Waals surface area contributed by atoms with Gasteiger partial charge in [-0.1, -0.05) is 18.2 Å². The number of aromatic nitrogens is 3. The molecule has 1 fully saturated rings. The molecule has 0 radical (unpaired) electrons. The first-order valence-electron chi connectivity index (χ1n) is 14.0. The number of rotatable bonds is 9. The maximum atomic E-state index is 12.9. The van der Waals surface area contributed by atoms with E-state index < -0.39 is 18.4 Å². The normalized spacial score (nSPS) is 13.3. The fourth-order valence-corrected chi connectivity index (χ4v) is 4.41. The maximum absolute atomic E-state index is 12.9. The Morgan fingerprint density at radius 1 is 0.909 bits per heavy atom. The van der Waals surface area contributed by atoms with Gasteiger partial charge in [0, 0.05) is 73.8 Å². The number of hydrogen-bond donors (Lipinski definition) is 4. The molecule has 228 valence electrons. The highest BCUT2D eigenvalue weighted by Crippen LogP contribution is 2.25. The van der Waals surface area contributed by atoms with Gasteiger partial charge in [0.2, 0.25) is 5.95 Å². The highest BCUT2D eigenvalue weighted by atomic mass is 16.4. The van der Waals surface area contributed by atoms with Crippen LogP contribution in [0.5, 0.6) is 0 Å². The number of carboxylic acid groups (broad SMARTS) is 2. The molecule has 0 atom stereocenters. The summed E-state index contributed by atoms with van der Waals surface area (Å²) < 4.78 is 0. The number of aliphatic carboxylic acids is 2. The van der Waals surface area contributed by atoms with Crippen LogP contribution in [0.3, 0.4) is 0 Å². The zero-order chi connectivity index (χ0) is 31.5. The molecule has 0 saturated carbocycles. The Bertz CT molecular complexity index is 1560. The van der Waals surface area contributed by atoms with Crippen molar-refractivity contribution in [3.63, 3.8) is 0 Å². The number of carboxylic acids is 2. The number of nitrogens with zero attached hydrogens (tertiary/aromatic N) is 5. The Hall–Kier alpha value is -5.20. The molecule has 2 aromatic heterocycles. The predicted octanol–water partition coefficient (Wildman–Crippen LogP) is 4.14. The first-order chi connectivity index (χ1) is 21.2. The smallest absolute Gasteiger partial charge is 0.314 e. The highest BCUT2D eigenvalue weighted by Gasteiger charge is 2.14. The number of hydrogen-bond acceptors (Lipinski definition) is 9. The number of carbonyl (C=O) groups excluding carboxylic acids is 1. The Labute approximate surface area is 255 Å². The molecule has 3 heterocycles. The zero-order valence-electron chi connectivity index (χ0n) is 24.6. The number of piperazine rings is 1. The van der Waals surface area contributed by atoms with Gasteiger partial charge in [0.15, 0.2) is 0 Å².